The number of carbonyl (C=O) groups excluding carboxylic acids is 3. The summed E-state index contributed by atoms with van der Waals surface area (Å²) in [5.74, 6) is 0.0426. The molecule has 0 atom stereocenters. The molecule has 0 radical (unpaired) electrons. The fourth-order valence-corrected chi connectivity index (χ4v) is 3.48. The Morgan fingerprint density at radius 2 is 1.09 bits per heavy atom. The Balaban J connectivity index is 1.60. The molecule has 7 heteroatoms. The van der Waals surface area contributed by atoms with Crippen molar-refractivity contribution in [1.29, 1.82) is 0 Å². The van der Waals surface area contributed by atoms with Gasteiger partial charge in [-0.25, -0.2) is 0 Å². The maximum atomic E-state index is 12.9. The monoisotopic (exact) mass is 322 g/mol. The lowest BCUT2D eigenvalue weighted by Crippen LogP contribution is -2.56. The first-order valence-electron chi connectivity index (χ1n) is 8.47. The molecular weight excluding hydrogens is 296 g/mol. The van der Waals surface area contributed by atoms with E-state index in [0.717, 1.165) is 13.1 Å². The van der Waals surface area contributed by atoms with E-state index >= 15 is 0 Å². The normalized spacial score (nSPS) is 24.5. The summed E-state index contributed by atoms with van der Waals surface area (Å²) >= 11 is 0. The Morgan fingerprint density at radius 3 is 1.48 bits per heavy atom. The number of hydrogen-bond acceptors (Lipinski definition) is 4. The Morgan fingerprint density at radius 1 is 0.696 bits per heavy atom. The molecule has 2 saturated heterocycles. The average molecular weight is 322 g/mol. The summed E-state index contributed by atoms with van der Waals surface area (Å²) in [4.78, 5) is 44.7. The van der Waals surface area contributed by atoms with Gasteiger partial charge in [0, 0.05) is 59.3 Å². The highest BCUT2D eigenvalue weighted by Crippen LogP contribution is 2.49. The van der Waals surface area contributed by atoms with Gasteiger partial charge < -0.3 is 19.6 Å². The van der Waals surface area contributed by atoms with E-state index in [0.29, 0.717) is 52.1 Å². The molecule has 23 heavy (non-hydrogen) atoms. The van der Waals surface area contributed by atoms with Crippen LogP contribution in [0.4, 0.5) is 0 Å². The van der Waals surface area contributed by atoms with Crippen LogP contribution in [0, 0.1) is 5.41 Å². The minimum absolute atomic E-state index is 0.0181. The van der Waals surface area contributed by atoms with Crippen molar-refractivity contribution in [2.45, 2.75) is 19.8 Å². The van der Waals surface area contributed by atoms with Crippen molar-refractivity contribution in [3.05, 3.63) is 0 Å². The zero-order valence-corrected chi connectivity index (χ0v) is 14.1. The van der Waals surface area contributed by atoms with E-state index in [1.807, 2.05) is 11.9 Å². The van der Waals surface area contributed by atoms with Gasteiger partial charge in [0.1, 0.15) is 5.41 Å². The Kier molecular flexibility index (Phi) is 4.31. The molecule has 0 unspecified atom stereocenters. The minimum Gasteiger partial charge on any atom is -0.339 e. The first kappa shape index (κ1) is 16.2. The minimum atomic E-state index is -0.797. The third-order valence-electron chi connectivity index (χ3n) is 5.37. The second kappa shape index (κ2) is 6.11. The largest absolute Gasteiger partial charge is 0.339 e. The van der Waals surface area contributed by atoms with Crippen molar-refractivity contribution in [3.8, 4) is 0 Å². The second-order valence-corrected chi connectivity index (χ2v) is 6.98. The third-order valence-corrected chi connectivity index (χ3v) is 5.37. The van der Waals surface area contributed by atoms with Crippen molar-refractivity contribution < 1.29 is 14.4 Å². The van der Waals surface area contributed by atoms with Gasteiger partial charge in [0.05, 0.1) is 0 Å². The predicted octanol–water partition coefficient (Wildman–Crippen LogP) is -0.769. The number of likely N-dealkylation sites (N-methyl/N-ethyl adjacent to an activating group) is 1. The molecule has 0 aromatic rings. The highest BCUT2D eigenvalue weighted by molar-refractivity contribution is 6.08. The van der Waals surface area contributed by atoms with Gasteiger partial charge in [0.2, 0.25) is 17.7 Å². The maximum Gasteiger partial charge on any atom is 0.238 e. The van der Waals surface area contributed by atoms with Gasteiger partial charge in [-0.3, -0.25) is 14.4 Å². The molecule has 1 aliphatic carbocycles. The molecule has 3 amide bonds. The number of piperazine rings is 2. The van der Waals surface area contributed by atoms with E-state index in [1.54, 1.807) is 16.7 Å². The predicted molar refractivity (Wildman–Crippen MR) is 84.6 cm³/mol. The quantitative estimate of drug-likeness (QED) is 0.627. The lowest BCUT2D eigenvalue weighted by molar-refractivity contribution is -0.152. The molecule has 0 N–H and O–H groups in total. The summed E-state index contributed by atoms with van der Waals surface area (Å²) in [5.41, 5.74) is -0.797. The summed E-state index contributed by atoms with van der Waals surface area (Å²) in [5, 5.41) is 0. The number of amides is 3. The van der Waals surface area contributed by atoms with Gasteiger partial charge >= 0.3 is 0 Å². The lowest BCUT2D eigenvalue weighted by atomic mass is 10.0. The standard InChI is InChI=1S/C16H26N4O3/c1-13(21)18-9-11-20(12-10-18)15(23)16(3-4-16)14(22)19-7-5-17(2)6-8-19/h3-12H2,1-2H3. The highest BCUT2D eigenvalue weighted by Gasteiger charge is 2.59. The van der Waals surface area contributed by atoms with E-state index in [9.17, 15) is 14.4 Å². The van der Waals surface area contributed by atoms with Crippen molar-refractivity contribution in [1.82, 2.24) is 19.6 Å². The molecular formula is C16H26N4O3. The fraction of sp³-hybridized carbons (Fsp3) is 0.812. The third kappa shape index (κ3) is 3.06. The van der Waals surface area contributed by atoms with E-state index in [2.05, 4.69) is 4.90 Å². The summed E-state index contributed by atoms with van der Waals surface area (Å²) in [7, 11) is 2.05. The van der Waals surface area contributed by atoms with Crippen LogP contribution in [0.5, 0.6) is 0 Å². The van der Waals surface area contributed by atoms with Crippen molar-refractivity contribution in [3.63, 3.8) is 0 Å². The van der Waals surface area contributed by atoms with Crippen LogP contribution in [-0.4, -0.2) is 96.7 Å². The molecule has 0 bridgehead atoms. The molecule has 0 aromatic carbocycles. The van der Waals surface area contributed by atoms with Crippen molar-refractivity contribution in [2.24, 2.45) is 5.41 Å². The summed E-state index contributed by atoms with van der Waals surface area (Å²) in [6, 6.07) is 0. The van der Waals surface area contributed by atoms with Crippen LogP contribution in [0.25, 0.3) is 0 Å². The van der Waals surface area contributed by atoms with Crippen molar-refractivity contribution >= 4 is 17.7 Å². The zero-order valence-electron chi connectivity index (χ0n) is 14.1. The van der Waals surface area contributed by atoms with E-state index in [4.69, 9.17) is 0 Å². The smallest absolute Gasteiger partial charge is 0.238 e. The van der Waals surface area contributed by atoms with E-state index in [1.165, 1.54) is 0 Å². The molecule has 3 fully saturated rings. The zero-order chi connectivity index (χ0) is 16.6. The summed E-state index contributed by atoms with van der Waals surface area (Å²) in [6.45, 7) is 6.92. The Hall–Kier alpha value is -1.63. The number of hydrogen-bond donors (Lipinski definition) is 0. The van der Waals surface area contributed by atoms with Crippen LogP contribution in [0.1, 0.15) is 19.8 Å². The van der Waals surface area contributed by atoms with Crippen LogP contribution >= 0.6 is 0 Å². The number of carbonyl (C=O) groups is 3. The van der Waals surface area contributed by atoms with Gasteiger partial charge in [0.25, 0.3) is 0 Å². The van der Waals surface area contributed by atoms with Crippen molar-refractivity contribution in [2.75, 3.05) is 59.4 Å². The van der Waals surface area contributed by atoms with Gasteiger partial charge in [0.15, 0.2) is 0 Å². The molecule has 0 spiro atoms. The SMILES string of the molecule is CC(=O)N1CCN(C(=O)C2(C(=O)N3CCN(C)CC3)CC2)CC1. The van der Waals surface area contributed by atoms with Gasteiger partial charge in [-0.2, -0.15) is 0 Å². The molecule has 0 aromatic heterocycles. The molecule has 128 valence electrons. The molecule has 7 nitrogen and oxygen atoms in total. The molecule has 1 saturated carbocycles. The average Bonchev–Trinajstić information content (AvgIpc) is 3.36. The highest BCUT2D eigenvalue weighted by atomic mass is 16.2. The van der Waals surface area contributed by atoms with Crippen LogP contribution in [0.15, 0.2) is 0 Å². The van der Waals surface area contributed by atoms with Crippen LogP contribution in [0.2, 0.25) is 0 Å². The number of rotatable bonds is 2. The summed E-state index contributed by atoms with van der Waals surface area (Å²) in [6.07, 6.45) is 1.34. The fourth-order valence-electron chi connectivity index (χ4n) is 3.48. The van der Waals surface area contributed by atoms with E-state index < -0.39 is 5.41 Å². The van der Waals surface area contributed by atoms with Gasteiger partial charge in [-0.15, -0.1) is 0 Å². The lowest BCUT2D eigenvalue weighted by Gasteiger charge is -2.38. The maximum absolute atomic E-state index is 12.9. The Bertz CT molecular complexity index is 501. The first-order chi connectivity index (χ1) is 10.9. The summed E-state index contributed by atoms with van der Waals surface area (Å²) < 4.78 is 0. The molecule has 3 rings (SSSR count). The molecule has 2 heterocycles. The van der Waals surface area contributed by atoms with Gasteiger partial charge in [-0.05, 0) is 19.9 Å². The Labute approximate surface area is 137 Å². The van der Waals surface area contributed by atoms with Crippen LogP contribution in [-0.2, 0) is 14.4 Å². The first-order valence-corrected chi connectivity index (χ1v) is 8.47. The van der Waals surface area contributed by atoms with Gasteiger partial charge in [-0.1, -0.05) is 0 Å². The second-order valence-electron chi connectivity index (χ2n) is 6.98. The van der Waals surface area contributed by atoms with Crippen LogP contribution < -0.4 is 0 Å². The topological polar surface area (TPSA) is 64.2 Å². The van der Waals surface area contributed by atoms with E-state index in [-0.39, 0.29) is 17.7 Å². The molecule has 3 aliphatic rings. The molecule has 2 aliphatic heterocycles. The number of nitrogens with zero attached hydrogens (tertiary/aromatic N) is 4. The van der Waals surface area contributed by atoms with Crippen LogP contribution in [0.3, 0.4) is 0 Å².